The van der Waals surface area contributed by atoms with Gasteiger partial charge in [0, 0.05) is 45.8 Å². The van der Waals surface area contributed by atoms with Crippen LogP contribution in [0.15, 0.2) is 35.3 Å². The topological polar surface area (TPSA) is 34.1 Å². The van der Waals surface area contributed by atoms with E-state index in [0.29, 0.717) is 19.1 Å². The van der Waals surface area contributed by atoms with Crippen molar-refractivity contribution in [1.29, 1.82) is 0 Å². The van der Waals surface area contributed by atoms with E-state index >= 15 is 0 Å². The zero-order valence-electron chi connectivity index (χ0n) is 18.6. The lowest BCUT2D eigenvalue weighted by atomic mass is 10.1. The average molecular weight is 428 g/mol. The zero-order chi connectivity index (χ0) is 22.1. The lowest BCUT2D eigenvalue weighted by Gasteiger charge is -2.28. The lowest BCUT2D eigenvalue weighted by Crippen LogP contribution is -2.46. The van der Waals surface area contributed by atoms with Gasteiger partial charge in [0.1, 0.15) is 0 Å². The van der Waals surface area contributed by atoms with Crippen LogP contribution in [0.3, 0.4) is 0 Å². The van der Waals surface area contributed by atoms with Gasteiger partial charge in [0.15, 0.2) is 5.96 Å². The largest absolute Gasteiger partial charge is 0.401 e. The Morgan fingerprint density at radius 3 is 2.60 bits per heavy atom. The fourth-order valence-electron chi connectivity index (χ4n) is 3.85. The number of halogens is 3. The van der Waals surface area contributed by atoms with Gasteiger partial charge < -0.3 is 10.2 Å². The second-order valence-electron chi connectivity index (χ2n) is 8.22. The van der Waals surface area contributed by atoms with Gasteiger partial charge in [-0.05, 0) is 38.4 Å². The summed E-state index contributed by atoms with van der Waals surface area (Å²) in [6, 6.07) is 10.7. The monoisotopic (exact) mass is 427 g/mol. The molecule has 30 heavy (non-hydrogen) atoms. The third-order valence-electron chi connectivity index (χ3n) is 5.75. The van der Waals surface area contributed by atoms with E-state index in [2.05, 4.69) is 46.2 Å². The zero-order valence-corrected chi connectivity index (χ0v) is 18.6. The molecule has 1 aliphatic rings. The molecule has 0 spiro atoms. The minimum absolute atomic E-state index is 0.226. The van der Waals surface area contributed by atoms with Crippen molar-refractivity contribution in [2.24, 2.45) is 10.9 Å². The van der Waals surface area contributed by atoms with Gasteiger partial charge in [0.05, 0.1) is 6.54 Å². The van der Waals surface area contributed by atoms with Crippen LogP contribution in [-0.4, -0.2) is 86.2 Å². The van der Waals surface area contributed by atoms with Crippen molar-refractivity contribution < 1.29 is 13.2 Å². The number of rotatable bonds is 9. The molecule has 2 atom stereocenters. The highest BCUT2D eigenvalue weighted by molar-refractivity contribution is 5.80. The maximum atomic E-state index is 12.7. The fourth-order valence-corrected chi connectivity index (χ4v) is 3.85. The number of guanidine groups is 1. The second kappa shape index (κ2) is 11.6. The Hall–Kier alpha value is -1.80. The number of hydrogen-bond acceptors (Lipinski definition) is 3. The van der Waals surface area contributed by atoms with Crippen molar-refractivity contribution in [1.82, 2.24) is 20.0 Å². The normalized spacial score (nSPS) is 19.0. The van der Waals surface area contributed by atoms with Crippen molar-refractivity contribution in [3.05, 3.63) is 35.9 Å². The Morgan fingerprint density at radius 2 is 2.00 bits per heavy atom. The Balaban J connectivity index is 1.79. The second-order valence-corrected chi connectivity index (χ2v) is 8.22. The molecular weight excluding hydrogens is 391 g/mol. The van der Waals surface area contributed by atoms with Crippen molar-refractivity contribution in [3.63, 3.8) is 0 Å². The minimum Gasteiger partial charge on any atom is -0.355 e. The van der Waals surface area contributed by atoms with E-state index in [-0.39, 0.29) is 5.92 Å². The van der Waals surface area contributed by atoms with Gasteiger partial charge in [-0.2, -0.15) is 13.2 Å². The molecule has 0 bridgehead atoms. The molecular formula is C22H36F3N5. The first kappa shape index (κ1) is 24.5. The molecule has 1 aliphatic heterocycles. The molecule has 0 radical (unpaired) electrons. The van der Waals surface area contributed by atoms with Crippen LogP contribution in [-0.2, 0) is 6.54 Å². The van der Waals surface area contributed by atoms with Crippen molar-refractivity contribution in [2.75, 3.05) is 53.4 Å². The maximum absolute atomic E-state index is 12.7. The molecule has 1 heterocycles. The van der Waals surface area contributed by atoms with Crippen LogP contribution in [0.2, 0.25) is 0 Å². The van der Waals surface area contributed by atoms with Gasteiger partial charge in [0.25, 0.3) is 0 Å². The van der Waals surface area contributed by atoms with E-state index in [0.717, 1.165) is 38.6 Å². The summed E-state index contributed by atoms with van der Waals surface area (Å²) in [5, 5.41) is 3.44. The van der Waals surface area contributed by atoms with Gasteiger partial charge in [-0.3, -0.25) is 14.8 Å². The molecule has 0 saturated carbocycles. The summed E-state index contributed by atoms with van der Waals surface area (Å²) in [6.07, 6.45) is -3.26. The van der Waals surface area contributed by atoms with Gasteiger partial charge in [-0.1, -0.05) is 37.3 Å². The summed E-state index contributed by atoms with van der Waals surface area (Å²) >= 11 is 0. The first-order valence-electron chi connectivity index (χ1n) is 10.7. The first-order valence-corrected chi connectivity index (χ1v) is 10.7. The Kier molecular flexibility index (Phi) is 9.42. The van der Waals surface area contributed by atoms with Crippen LogP contribution < -0.4 is 5.32 Å². The van der Waals surface area contributed by atoms with Crippen LogP contribution in [0.5, 0.6) is 0 Å². The number of likely N-dealkylation sites (tertiary alicyclic amines) is 1. The summed E-state index contributed by atoms with van der Waals surface area (Å²) in [5.41, 5.74) is 1.28. The van der Waals surface area contributed by atoms with Crippen molar-refractivity contribution in [3.8, 4) is 0 Å². The highest BCUT2D eigenvalue weighted by Crippen LogP contribution is 2.21. The van der Waals surface area contributed by atoms with E-state index in [1.54, 1.807) is 14.0 Å². The third kappa shape index (κ3) is 8.14. The molecule has 1 saturated heterocycles. The lowest BCUT2D eigenvalue weighted by molar-refractivity contribution is -0.146. The molecule has 0 amide bonds. The maximum Gasteiger partial charge on any atom is 0.401 e. The van der Waals surface area contributed by atoms with E-state index in [1.807, 2.05) is 18.2 Å². The molecule has 0 aliphatic carbocycles. The standard InChI is InChI=1S/C22H36F3N5/c1-5-29(17-22(23,24)25)15-20-11-12-30(16-20)21(26-3)27-13-18(2)28(4)14-19-9-7-6-8-10-19/h6-10,18,20H,5,11-17H2,1-4H3,(H,26,27). The number of nitrogens with one attached hydrogen (secondary N) is 1. The molecule has 170 valence electrons. The summed E-state index contributed by atoms with van der Waals surface area (Å²) in [6.45, 7) is 7.20. The van der Waals surface area contributed by atoms with E-state index in [9.17, 15) is 13.2 Å². The predicted octanol–water partition coefficient (Wildman–Crippen LogP) is 3.29. The minimum atomic E-state index is -4.15. The molecule has 0 aromatic heterocycles. The van der Waals surface area contributed by atoms with Crippen molar-refractivity contribution >= 4 is 5.96 Å². The molecule has 1 N–H and O–H groups in total. The highest BCUT2D eigenvalue weighted by atomic mass is 19.4. The number of alkyl halides is 3. The van der Waals surface area contributed by atoms with Crippen LogP contribution in [0.1, 0.15) is 25.8 Å². The molecule has 2 rings (SSSR count). The molecule has 8 heteroatoms. The Morgan fingerprint density at radius 1 is 1.30 bits per heavy atom. The summed E-state index contributed by atoms with van der Waals surface area (Å²) in [4.78, 5) is 10.3. The quantitative estimate of drug-likeness (QED) is 0.485. The Bertz CT molecular complexity index is 650. The first-order chi connectivity index (χ1) is 14.2. The predicted molar refractivity (Wildman–Crippen MR) is 117 cm³/mol. The molecule has 1 fully saturated rings. The number of likely N-dealkylation sites (N-methyl/N-ethyl adjacent to an activating group) is 1. The van der Waals surface area contributed by atoms with Gasteiger partial charge >= 0.3 is 6.18 Å². The van der Waals surface area contributed by atoms with Crippen LogP contribution >= 0.6 is 0 Å². The highest BCUT2D eigenvalue weighted by Gasteiger charge is 2.33. The van der Waals surface area contributed by atoms with Crippen LogP contribution in [0.4, 0.5) is 13.2 Å². The summed E-state index contributed by atoms with van der Waals surface area (Å²) < 4.78 is 38.2. The fraction of sp³-hybridized carbons (Fsp3) is 0.682. The summed E-state index contributed by atoms with van der Waals surface area (Å²) in [5.74, 6) is 1.06. The number of hydrogen-bond donors (Lipinski definition) is 1. The van der Waals surface area contributed by atoms with Gasteiger partial charge in [-0.15, -0.1) is 0 Å². The third-order valence-corrected chi connectivity index (χ3v) is 5.75. The number of benzene rings is 1. The van der Waals surface area contributed by atoms with E-state index in [1.165, 1.54) is 10.5 Å². The molecule has 5 nitrogen and oxygen atoms in total. The van der Waals surface area contributed by atoms with Gasteiger partial charge in [-0.25, -0.2) is 0 Å². The summed E-state index contributed by atoms with van der Waals surface area (Å²) in [7, 11) is 3.87. The molecule has 1 aromatic carbocycles. The number of nitrogens with zero attached hydrogens (tertiary/aromatic N) is 4. The smallest absolute Gasteiger partial charge is 0.355 e. The van der Waals surface area contributed by atoms with E-state index in [4.69, 9.17) is 0 Å². The van der Waals surface area contributed by atoms with Gasteiger partial charge in [0.2, 0.25) is 0 Å². The molecule has 1 aromatic rings. The SMILES string of the molecule is CCN(CC1CCN(C(=NC)NCC(C)N(C)Cc2ccccc2)C1)CC(F)(F)F. The van der Waals surface area contributed by atoms with Crippen LogP contribution in [0, 0.1) is 5.92 Å². The van der Waals surface area contributed by atoms with Crippen molar-refractivity contribution in [2.45, 2.75) is 39.0 Å². The van der Waals surface area contributed by atoms with Crippen LogP contribution in [0.25, 0.3) is 0 Å². The Labute approximate surface area is 178 Å². The molecule has 2 unspecified atom stereocenters. The van der Waals surface area contributed by atoms with E-state index < -0.39 is 12.7 Å². The average Bonchev–Trinajstić information content (AvgIpc) is 3.15. The number of aliphatic imine (C=N–C) groups is 1.